The molecule has 6 nitrogen and oxygen atoms in total. The number of nitrogens with one attached hydrogen (secondary N) is 2. The van der Waals surface area contributed by atoms with E-state index in [2.05, 4.69) is 20.6 Å². The Morgan fingerprint density at radius 2 is 2.00 bits per heavy atom. The SMILES string of the molecule is CC(=O)Nc1cccc(Nc2ccnc(N)n2)c1.Cl. The molecule has 0 spiro atoms. The van der Waals surface area contributed by atoms with E-state index in [1.54, 1.807) is 24.4 Å². The highest BCUT2D eigenvalue weighted by atomic mass is 35.5. The first-order chi connectivity index (χ1) is 8.63. The number of benzene rings is 1. The summed E-state index contributed by atoms with van der Waals surface area (Å²) in [6.07, 6.45) is 1.57. The Bertz CT molecular complexity index is 576. The molecule has 2 rings (SSSR count). The van der Waals surface area contributed by atoms with Crippen LogP contribution in [0.5, 0.6) is 0 Å². The predicted octanol–water partition coefficient (Wildman–Crippen LogP) is 2.18. The fraction of sp³-hybridized carbons (Fsp3) is 0.0833. The van der Waals surface area contributed by atoms with Crippen molar-refractivity contribution in [3.05, 3.63) is 36.5 Å². The third-order valence-corrected chi connectivity index (χ3v) is 2.13. The zero-order chi connectivity index (χ0) is 13.0. The third kappa shape index (κ3) is 4.44. The second-order valence-corrected chi connectivity index (χ2v) is 3.69. The average Bonchev–Trinajstić information content (AvgIpc) is 2.28. The molecule has 0 radical (unpaired) electrons. The summed E-state index contributed by atoms with van der Waals surface area (Å²) in [5.74, 6) is 0.693. The summed E-state index contributed by atoms with van der Waals surface area (Å²) in [4.78, 5) is 18.8. The minimum absolute atomic E-state index is 0. The summed E-state index contributed by atoms with van der Waals surface area (Å²) in [6.45, 7) is 1.46. The molecule has 0 saturated heterocycles. The summed E-state index contributed by atoms with van der Waals surface area (Å²) in [5, 5.41) is 5.78. The Labute approximate surface area is 116 Å². The van der Waals surface area contributed by atoms with Crippen LogP contribution in [-0.4, -0.2) is 15.9 Å². The summed E-state index contributed by atoms with van der Waals surface area (Å²) in [5.41, 5.74) is 7.01. The van der Waals surface area contributed by atoms with Crippen molar-refractivity contribution in [3.63, 3.8) is 0 Å². The Balaban J connectivity index is 0.00000180. The third-order valence-electron chi connectivity index (χ3n) is 2.13. The number of carbonyl (C=O) groups excluding carboxylic acids is 1. The maximum Gasteiger partial charge on any atom is 0.221 e. The van der Waals surface area contributed by atoms with Gasteiger partial charge in [-0.2, -0.15) is 4.98 Å². The molecule has 0 unspecified atom stereocenters. The van der Waals surface area contributed by atoms with E-state index in [1.807, 2.05) is 12.1 Å². The fourth-order valence-electron chi connectivity index (χ4n) is 1.47. The predicted molar refractivity (Wildman–Crippen MR) is 77.7 cm³/mol. The summed E-state index contributed by atoms with van der Waals surface area (Å²) in [6, 6.07) is 9.02. The monoisotopic (exact) mass is 279 g/mol. The van der Waals surface area contributed by atoms with Crippen LogP contribution in [-0.2, 0) is 4.79 Å². The van der Waals surface area contributed by atoms with Gasteiger partial charge in [-0.15, -0.1) is 12.4 Å². The number of nitrogens with zero attached hydrogens (tertiary/aromatic N) is 2. The quantitative estimate of drug-likeness (QED) is 0.801. The van der Waals surface area contributed by atoms with Gasteiger partial charge in [-0.1, -0.05) is 6.07 Å². The number of rotatable bonds is 3. The highest BCUT2D eigenvalue weighted by molar-refractivity contribution is 5.89. The zero-order valence-corrected chi connectivity index (χ0v) is 11.1. The van der Waals surface area contributed by atoms with Gasteiger partial charge in [0.1, 0.15) is 5.82 Å². The molecule has 1 amide bonds. The molecule has 0 atom stereocenters. The van der Waals surface area contributed by atoms with Crippen LogP contribution in [0.3, 0.4) is 0 Å². The molecule has 100 valence electrons. The van der Waals surface area contributed by atoms with Crippen molar-refractivity contribution < 1.29 is 4.79 Å². The molecule has 0 saturated carbocycles. The van der Waals surface area contributed by atoms with Crippen molar-refractivity contribution in [1.82, 2.24) is 9.97 Å². The van der Waals surface area contributed by atoms with E-state index in [0.29, 0.717) is 5.82 Å². The van der Waals surface area contributed by atoms with Crippen LogP contribution in [0.15, 0.2) is 36.5 Å². The molecule has 4 N–H and O–H groups in total. The Morgan fingerprint density at radius 1 is 1.26 bits per heavy atom. The smallest absolute Gasteiger partial charge is 0.221 e. The van der Waals surface area contributed by atoms with Gasteiger partial charge in [-0.3, -0.25) is 4.79 Å². The van der Waals surface area contributed by atoms with Crippen molar-refractivity contribution in [2.75, 3.05) is 16.4 Å². The molecule has 1 heterocycles. The average molecular weight is 280 g/mol. The largest absolute Gasteiger partial charge is 0.368 e. The molecule has 0 aliphatic carbocycles. The lowest BCUT2D eigenvalue weighted by Crippen LogP contribution is -2.06. The molecular formula is C12H14ClN5O. The standard InChI is InChI=1S/C12H13N5O.ClH/c1-8(18)15-9-3-2-4-10(7-9)16-11-5-6-14-12(13)17-11;/h2-7H,1H3,(H,15,18)(H3,13,14,16,17);1H. The van der Waals surface area contributed by atoms with Crippen LogP contribution in [0.1, 0.15) is 6.92 Å². The van der Waals surface area contributed by atoms with Crippen molar-refractivity contribution >= 4 is 41.5 Å². The van der Waals surface area contributed by atoms with Crippen LogP contribution < -0.4 is 16.4 Å². The lowest BCUT2D eigenvalue weighted by molar-refractivity contribution is -0.114. The Hall–Kier alpha value is -2.34. The van der Waals surface area contributed by atoms with Crippen molar-refractivity contribution in [3.8, 4) is 0 Å². The number of halogens is 1. The summed E-state index contributed by atoms with van der Waals surface area (Å²) < 4.78 is 0. The maximum atomic E-state index is 11.0. The fourth-order valence-corrected chi connectivity index (χ4v) is 1.47. The van der Waals surface area contributed by atoms with E-state index in [4.69, 9.17) is 5.73 Å². The van der Waals surface area contributed by atoms with Crippen LogP contribution in [0.25, 0.3) is 0 Å². The van der Waals surface area contributed by atoms with Gasteiger partial charge in [0.15, 0.2) is 0 Å². The van der Waals surface area contributed by atoms with Crippen LogP contribution >= 0.6 is 12.4 Å². The Kier molecular flexibility index (Phi) is 5.08. The lowest BCUT2D eigenvalue weighted by Gasteiger charge is -2.08. The number of anilines is 4. The van der Waals surface area contributed by atoms with E-state index >= 15 is 0 Å². The number of amides is 1. The molecule has 0 bridgehead atoms. The highest BCUT2D eigenvalue weighted by Gasteiger charge is 2.00. The van der Waals surface area contributed by atoms with Crippen molar-refractivity contribution in [1.29, 1.82) is 0 Å². The molecule has 0 aliphatic heterocycles. The molecule has 1 aromatic carbocycles. The first kappa shape index (κ1) is 14.7. The minimum atomic E-state index is -0.113. The number of nitrogens with two attached hydrogens (primary N) is 1. The van der Waals surface area contributed by atoms with E-state index in [9.17, 15) is 4.79 Å². The van der Waals surface area contributed by atoms with Gasteiger partial charge in [-0.25, -0.2) is 4.98 Å². The number of aromatic nitrogens is 2. The van der Waals surface area contributed by atoms with Gasteiger partial charge in [-0.05, 0) is 24.3 Å². The number of nitrogen functional groups attached to an aromatic ring is 1. The Morgan fingerprint density at radius 3 is 2.68 bits per heavy atom. The second kappa shape index (κ2) is 6.55. The van der Waals surface area contributed by atoms with Gasteiger partial charge >= 0.3 is 0 Å². The van der Waals surface area contributed by atoms with E-state index in [0.717, 1.165) is 11.4 Å². The molecule has 7 heteroatoms. The van der Waals surface area contributed by atoms with Crippen molar-refractivity contribution in [2.45, 2.75) is 6.92 Å². The van der Waals surface area contributed by atoms with Gasteiger partial charge in [0.2, 0.25) is 11.9 Å². The van der Waals surface area contributed by atoms with Gasteiger partial charge in [0.25, 0.3) is 0 Å². The summed E-state index contributed by atoms with van der Waals surface area (Å²) in [7, 11) is 0. The van der Waals surface area contributed by atoms with E-state index in [1.165, 1.54) is 6.92 Å². The normalized spacial score (nSPS) is 9.32. The second-order valence-electron chi connectivity index (χ2n) is 3.69. The van der Waals surface area contributed by atoms with Gasteiger partial charge in [0.05, 0.1) is 0 Å². The zero-order valence-electron chi connectivity index (χ0n) is 10.3. The van der Waals surface area contributed by atoms with Crippen LogP contribution in [0.4, 0.5) is 23.1 Å². The lowest BCUT2D eigenvalue weighted by atomic mass is 10.2. The van der Waals surface area contributed by atoms with Crippen LogP contribution in [0.2, 0.25) is 0 Å². The van der Waals surface area contributed by atoms with Crippen molar-refractivity contribution in [2.24, 2.45) is 0 Å². The van der Waals surface area contributed by atoms with Gasteiger partial charge < -0.3 is 16.4 Å². The number of hydrogen-bond acceptors (Lipinski definition) is 5. The number of hydrogen-bond donors (Lipinski definition) is 3. The molecule has 2 aromatic rings. The highest BCUT2D eigenvalue weighted by Crippen LogP contribution is 2.18. The number of carbonyl (C=O) groups is 1. The minimum Gasteiger partial charge on any atom is -0.368 e. The van der Waals surface area contributed by atoms with E-state index < -0.39 is 0 Å². The van der Waals surface area contributed by atoms with Gasteiger partial charge in [0, 0.05) is 24.5 Å². The first-order valence-corrected chi connectivity index (χ1v) is 5.37. The van der Waals surface area contributed by atoms with E-state index in [-0.39, 0.29) is 24.3 Å². The molecule has 0 aliphatic rings. The molecule has 19 heavy (non-hydrogen) atoms. The topological polar surface area (TPSA) is 92.9 Å². The molecule has 0 fully saturated rings. The first-order valence-electron chi connectivity index (χ1n) is 5.37. The maximum absolute atomic E-state index is 11.0. The summed E-state index contributed by atoms with van der Waals surface area (Å²) >= 11 is 0. The molecule has 1 aromatic heterocycles. The van der Waals surface area contributed by atoms with Crippen LogP contribution in [0, 0.1) is 0 Å². The molecular weight excluding hydrogens is 266 g/mol.